The Morgan fingerprint density at radius 2 is 1.72 bits per heavy atom. The lowest BCUT2D eigenvalue weighted by molar-refractivity contribution is 1.09. The summed E-state index contributed by atoms with van der Waals surface area (Å²) in [5, 5.41) is -0.126. The first kappa shape index (κ1) is 14.1. The predicted octanol–water partition coefficient (Wildman–Crippen LogP) is 6.10. The highest BCUT2D eigenvalue weighted by molar-refractivity contribution is 9.11. The standard InChI is InChI=1S/C15H13Br2Cl/c1-2-10-3-5-11(6-4-10)15(18)13-8-7-12(16)9-14(13)17/h3-9,15H,2H2,1H3. The zero-order valence-corrected chi connectivity index (χ0v) is 13.9. The van der Waals surface area contributed by atoms with Crippen LogP contribution in [-0.4, -0.2) is 0 Å². The number of benzene rings is 2. The first-order valence-corrected chi connectivity index (χ1v) is 7.82. The van der Waals surface area contributed by atoms with Crippen molar-refractivity contribution < 1.29 is 0 Å². The second kappa shape index (κ2) is 6.23. The molecule has 94 valence electrons. The molecule has 0 N–H and O–H groups in total. The fraction of sp³-hybridized carbons (Fsp3) is 0.200. The fourth-order valence-corrected chi connectivity index (χ4v) is 3.55. The maximum atomic E-state index is 6.54. The Morgan fingerprint density at radius 1 is 1.06 bits per heavy atom. The minimum atomic E-state index is -0.126. The zero-order chi connectivity index (χ0) is 13.1. The van der Waals surface area contributed by atoms with Crippen LogP contribution >= 0.6 is 43.5 Å². The molecule has 2 aromatic carbocycles. The maximum absolute atomic E-state index is 6.54. The van der Waals surface area contributed by atoms with E-state index in [1.807, 2.05) is 18.2 Å². The van der Waals surface area contributed by atoms with Crippen LogP contribution in [0.3, 0.4) is 0 Å². The van der Waals surface area contributed by atoms with E-state index in [0.29, 0.717) is 0 Å². The molecule has 18 heavy (non-hydrogen) atoms. The molecule has 0 bridgehead atoms. The van der Waals surface area contributed by atoms with Gasteiger partial charge in [0.2, 0.25) is 0 Å². The van der Waals surface area contributed by atoms with E-state index >= 15 is 0 Å². The molecule has 0 radical (unpaired) electrons. The number of halogens is 3. The molecule has 0 nitrogen and oxygen atoms in total. The highest BCUT2D eigenvalue weighted by Crippen LogP contribution is 2.35. The van der Waals surface area contributed by atoms with E-state index in [1.54, 1.807) is 0 Å². The Bertz CT molecular complexity index is 535. The van der Waals surface area contributed by atoms with Gasteiger partial charge in [-0.15, -0.1) is 11.6 Å². The first-order valence-electron chi connectivity index (χ1n) is 5.79. The highest BCUT2D eigenvalue weighted by atomic mass is 79.9. The smallest absolute Gasteiger partial charge is 0.0846 e. The van der Waals surface area contributed by atoms with E-state index < -0.39 is 0 Å². The van der Waals surface area contributed by atoms with Gasteiger partial charge in [-0.3, -0.25) is 0 Å². The van der Waals surface area contributed by atoms with Crippen LogP contribution in [0.4, 0.5) is 0 Å². The van der Waals surface area contributed by atoms with Gasteiger partial charge in [-0.2, -0.15) is 0 Å². The molecule has 1 atom stereocenters. The van der Waals surface area contributed by atoms with Crippen molar-refractivity contribution in [3.63, 3.8) is 0 Å². The van der Waals surface area contributed by atoms with Crippen LogP contribution in [0.1, 0.15) is 29.0 Å². The third-order valence-electron chi connectivity index (χ3n) is 2.92. The van der Waals surface area contributed by atoms with E-state index in [4.69, 9.17) is 11.6 Å². The van der Waals surface area contributed by atoms with Gasteiger partial charge in [0.25, 0.3) is 0 Å². The second-order valence-electron chi connectivity index (χ2n) is 4.12. The summed E-state index contributed by atoms with van der Waals surface area (Å²) in [7, 11) is 0. The number of aryl methyl sites for hydroxylation is 1. The minimum absolute atomic E-state index is 0.126. The quantitative estimate of drug-likeness (QED) is 0.557. The molecule has 0 saturated heterocycles. The van der Waals surface area contributed by atoms with Gasteiger partial charge in [-0.25, -0.2) is 0 Å². The van der Waals surface area contributed by atoms with E-state index in [2.05, 4.69) is 63.0 Å². The average molecular weight is 389 g/mol. The van der Waals surface area contributed by atoms with Crippen LogP contribution in [0.15, 0.2) is 51.4 Å². The number of hydrogen-bond acceptors (Lipinski definition) is 0. The van der Waals surface area contributed by atoms with Gasteiger partial charge in [-0.05, 0) is 35.2 Å². The van der Waals surface area contributed by atoms with E-state index in [9.17, 15) is 0 Å². The van der Waals surface area contributed by atoms with Crippen molar-refractivity contribution in [3.05, 3.63) is 68.1 Å². The van der Waals surface area contributed by atoms with E-state index in [1.165, 1.54) is 5.56 Å². The Kier molecular flexibility index (Phi) is 4.88. The summed E-state index contributed by atoms with van der Waals surface area (Å²) in [4.78, 5) is 0. The lowest BCUT2D eigenvalue weighted by Crippen LogP contribution is -1.95. The van der Waals surface area contributed by atoms with Gasteiger partial charge < -0.3 is 0 Å². The molecule has 2 rings (SSSR count). The summed E-state index contributed by atoms with van der Waals surface area (Å²) < 4.78 is 2.07. The molecule has 0 fully saturated rings. The van der Waals surface area contributed by atoms with Crippen molar-refractivity contribution in [1.29, 1.82) is 0 Å². The molecular weight excluding hydrogens is 375 g/mol. The molecule has 0 aliphatic carbocycles. The third-order valence-corrected chi connectivity index (χ3v) is 4.58. The second-order valence-corrected chi connectivity index (χ2v) is 6.33. The molecule has 0 aromatic heterocycles. The van der Waals surface area contributed by atoms with Crippen LogP contribution in [-0.2, 0) is 6.42 Å². The number of hydrogen-bond donors (Lipinski definition) is 0. The van der Waals surface area contributed by atoms with Gasteiger partial charge in [-0.1, -0.05) is 69.1 Å². The van der Waals surface area contributed by atoms with Gasteiger partial charge in [0.05, 0.1) is 5.38 Å². The molecular formula is C15H13Br2Cl. The normalized spacial score (nSPS) is 12.4. The maximum Gasteiger partial charge on any atom is 0.0846 e. The topological polar surface area (TPSA) is 0 Å². The zero-order valence-electron chi connectivity index (χ0n) is 9.96. The summed E-state index contributed by atoms with van der Waals surface area (Å²) in [5.74, 6) is 0. The summed E-state index contributed by atoms with van der Waals surface area (Å²) in [6.07, 6.45) is 1.05. The van der Waals surface area contributed by atoms with Gasteiger partial charge in [0.1, 0.15) is 0 Å². The van der Waals surface area contributed by atoms with Crippen molar-refractivity contribution in [2.45, 2.75) is 18.7 Å². The van der Waals surface area contributed by atoms with Crippen LogP contribution in [0.5, 0.6) is 0 Å². The monoisotopic (exact) mass is 386 g/mol. The van der Waals surface area contributed by atoms with Crippen molar-refractivity contribution in [2.75, 3.05) is 0 Å². The highest BCUT2D eigenvalue weighted by Gasteiger charge is 2.13. The van der Waals surface area contributed by atoms with Crippen LogP contribution in [0.25, 0.3) is 0 Å². The molecule has 0 aliphatic heterocycles. The fourth-order valence-electron chi connectivity index (χ4n) is 1.81. The summed E-state index contributed by atoms with van der Waals surface area (Å²) in [6, 6.07) is 14.5. The van der Waals surface area contributed by atoms with Gasteiger partial charge in [0.15, 0.2) is 0 Å². The van der Waals surface area contributed by atoms with Crippen molar-refractivity contribution in [3.8, 4) is 0 Å². The van der Waals surface area contributed by atoms with Gasteiger partial charge in [0, 0.05) is 8.95 Å². The molecule has 0 spiro atoms. The van der Waals surface area contributed by atoms with Crippen LogP contribution < -0.4 is 0 Å². The van der Waals surface area contributed by atoms with Crippen LogP contribution in [0, 0.1) is 0 Å². The van der Waals surface area contributed by atoms with Crippen molar-refractivity contribution >= 4 is 43.5 Å². The molecule has 0 saturated carbocycles. The predicted molar refractivity (Wildman–Crippen MR) is 85.4 cm³/mol. The molecule has 0 amide bonds. The Balaban J connectivity index is 2.31. The average Bonchev–Trinajstić information content (AvgIpc) is 2.38. The molecule has 0 aliphatic rings. The van der Waals surface area contributed by atoms with Crippen LogP contribution in [0.2, 0.25) is 0 Å². The molecule has 3 heteroatoms. The largest absolute Gasteiger partial charge is 0.113 e. The third kappa shape index (κ3) is 3.17. The molecule has 1 unspecified atom stereocenters. The van der Waals surface area contributed by atoms with E-state index in [-0.39, 0.29) is 5.38 Å². The van der Waals surface area contributed by atoms with Gasteiger partial charge >= 0.3 is 0 Å². The minimum Gasteiger partial charge on any atom is -0.113 e. The Hall–Kier alpha value is -0.310. The Labute approximate surface area is 130 Å². The first-order chi connectivity index (χ1) is 8.61. The summed E-state index contributed by atoms with van der Waals surface area (Å²) in [5.41, 5.74) is 3.54. The SMILES string of the molecule is CCc1ccc(C(Cl)c2ccc(Br)cc2Br)cc1. The lowest BCUT2D eigenvalue weighted by atomic mass is 10.0. The summed E-state index contributed by atoms with van der Waals surface area (Å²) in [6.45, 7) is 2.15. The van der Waals surface area contributed by atoms with E-state index in [0.717, 1.165) is 26.5 Å². The summed E-state index contributed by atoms with van der Waals surface area (Å²) >= 11 is 13.5. The number of rotatable bonds is 3. The Morgan fingerprint density at radius 3 is 2.28 bits per heavy atom. The van der Waals surface area contributed by atoms with Crippen molar-refractivity contribution in [1.82, 2.24) is 0 Å². The number of alkyl halides is 1. The lowest BCUT2D eigenvalue weighted by Gasteiger charge is -2.13. The van der Waals surface area contributed by atoms with Crippen molar-refractivity contribution in [2.24, 2.45) is 0 Å². The molecule has 0 heterocycles. The molecule has 2 aromatic rings.